The van der Waals surface area contributed by atoms with E-state index >= 15 is 0 Å². The lowest BCUT2D eigenvalue weighted by Crippen LogP contribution is -2.03. The molecule has 0 bridgehead atoms. The molecule has 0 radical (unpaired) electrons. The van der Waals surface area contributed by atoms with E-state index in [1.165, 1.54) is 6.21 Å². The second-order valence-electron chi connectivity index (χ2n) is 2.54. The van der Waals surface area contributed by atoms with E-state index in [2.05, 4.69) is 10.2 Å². The van der Waals surface area contributed by atoms with Crippen LogP contribution in [-0.4, -0.2) is 17.2 Å². The summed E-state index contributed by atoms with van der Waals surface area (Å²) in [4.78, 5) is 0. The molecular formula is C9H11N3O. The summed E-state index contributed by atoms with van der Waals surface area (Å²) in [5.41, 5.74) is 5.89. The van der Waals surface area contributed by atoms with Gasteiger partial charge in [-0.1, -0.05) is 12.1 Å². The summed E-state index contributed by atoms with van der Waals surface area (Å²) in [5, 5.41) is 16.6. The number of phenolic OH excluding ortho intramolecular Hbond substituents is 1. The van der Waals surface area contributed by atoms with Crippen molar-refractivity contribution >= 4 is 12.1 Å². The fourth-order valence-corrected chi connectivity index (χ4v) is 0.779. The van der Waals surface area contributed by atoms with E-state index in [0.29, 0.717) is 11.4 Å². The molecule has 0 aliphatic carbocycles. The number of nitrogens with zero attached hydrogens (tertiary/aromatic N) is 2. The van der Waals surface area contributed by atoms with E-state index < -0.39 is 0 Å². The number of nitrogens with two attached hydrogens (primary N) is 1. The van der Waals surface area contributed by atoms with Gasteiger partial charge in [0.05, 0.1) is 6.21 Å². The number of hydrogen-bond acceptors (Lipinski definition) is 3. The van der Waals surface area contributed by atoms with Gasteiger partial charge in [-0.3, -0.25) is 0 Å². The molecule has 0 amide bonds. The van der Waals surface area contributed by atoms with Gasteiger partial charge in [0.25, 0.3) is 0 Å². The van der Waals surface area contributed by atoms with Gasteiger partial charge in [-0.2, -0.15) is 5.10 Å². The minimum absolute atomic E-state index is 0.177. The number of amidine groups is 1. The molecule has 0 saturated heterocycles. The van der Waals surface area contributed by atoms with E-state index in [1.54, 1.807) is 31.2 Å². The average molecular weight is 177 g/mol. The van der Waals surface area contributed by atoms with Gasteiger partial charge in [0.1, 0.15) is 11.6 Å². The topological polar surface area (TPSA) is 71.0 Å². The summed E-state index contributed by atoms with van der Waals surface area (Å²) in [6.45, 7) is 1.64. The Kier molecular flexibility index (Phi) is 3.03. The molecular weight excluding hydrogens is 166 g/mol. The molecule has 68 valence electrons. The van der Waals surface area contributed by atoms with Gasteiger partial charge in [0.15, 0.2) is 0 Å². The van der Waals surface area contributed by atoms with Crippen molar-refractivity contribution in [2.45, 2.75) is 6.92 Å². The van der Waals surface area contributed by atoms with E-state index in [-0.39, 0.29) is 5.75 Å². The summed E-state index contributed by atoms with van der Waals surface area (Å²) in [6, 6.07) is 6.87. The maximum atomic E-state index is 9.30. The normalized spacial score (nSPS) is 12.2. The maximum Gasteiger partial charge on any atom is 0.124 e. The molecule has 0 fully saturated rings. The van der Waals surface area contributed by atoms with Crippen molar-refractivity contribution in [3.05, 3.63) is 29.8 Å². The highest BCUT2D eigenvalue weighted by Gasteiger charge is 1.93. The van der Waals surface area contributed by atoms with Crippen LogP contribution in [0.4, 0.5) is 0 Å². The Morgan fingerprint density at radius 1 is 1.46 bits per heavy atom. The van der Waals surface area contributed by atoms with Gasteiger partial charge in [-0.05, 0) is 19.1 Å². The summed E-state index contributed by atoms with van der Waals surface area (Å²) in [7, 11) is 0. The van der Waals surface area contributed by atoms with Gasteiger partial charge in [-0.15, -0.1) is 5.10 Å². The Morgan fingerprint density at radius 3 is 2.77 bits per heavy atom. The largest absolute Gasteiger partial charge is 0.507 e. The fraction of sp³-hybridized carbons (Fsp3) is 0.111. The highest BCUT2D eigenvalue weighted by atomic mass is 16.3. The van der Waals surface area contributed by atoms with E-state index in [0.717, 1.165) is 0 Å². The van der Waals surface area contributed by atoms with Crippen LogP contribution in [0.5, 0.6) is 5.75 Å². The van der Waals surface area contributed by atoms with Crippen LogP contribution in [0.25, 0.3) is 0 Å². The van der Waals surface area contributed by atoms with Gasteiger partial charge in [-0.25, -0.2) is 0 Å². The highest BCUT2D eigenvalue weighted by molar-refractivity contribution is 5.84. The summed E-state index contributed by atoms with van der Waals surface area (Å²) in [6.07, 6.45) is 1.45. The zero-order chi connectivity index (χ0) is 9.68. The quantitative estimate of drug-likeness (QED) is 0.403. The molecule has 0 aromatic heterocycles. The molecule has 0 heterocycles. The summed E-state index contributed by atoms with van der Waals surface area (Å²) < 4.78 is 0. The zero-order valence-electron chi connectivity index (χ0n) is 7.31. The lowest BCUT2D eigenvalue weighted by Gasteiger charge is -1.94. The molecule has 4 nitrogen and oxygen atoms in total. The van der Waals surface area contributed by atoms with Crippen LogP contribution in [0.2, 0.25) is 0 Å². The minimum Gasteiger partial charge on any atom is -0.507 e. The molecule has 1 rings (SSSR count). The predicted molar refractivity (Wildman–Crippen MR) is 53.0 cm³/mol. The van der Waals surface area contributed by atoms with E-state index in [9.17, 15) is 5.11 Å². The first kappa shape index (κ1) is 9.25. The number of rotatable bonds is 2. The molecule has 0 aliphatic heterocycles. The molecule has 0 atom stereocenters. The summed E-state index contributed by atoms with van der Waals surface area (Å²) in [5.74, 6) is 0.558. The molecule has 1 aromatic rings. The van der Waals surface area contributed by atoms with Crippen molar-refractivity contribution in [2.24, 2.45) is 15.9 Å². The van der Waals surface area contributed by atoms with Crippen LogP contribution >= 0.6 is 0 Å². The van der Waals surface area contributed by atoms with Gasteiger partial charge < -0.3 is 10.8 Å². The standard InChI is InChI=1S/C9H11N3O/c1-7(10)12-11-6-8-4-2-3-5-9(8)13/h2-6,13H,1H3,(H2,10,12)/b11-6+. The van der Waals surface area contributed by atoms with Crippen LogP contribution in [0.1, 0.15) is 12.5 Å². The highest BCUT2D eigenvalue weighted by Crippen LogP contribution is 2.12. The van der Waals surface area contributed by atoms with Crippen molar-refractivity contribution in [3.8, 4) is 5.75 Å². The third kappa shape index (κ3) is 2.94. The average Bonchev–Trinajstić information content (AvgIpc) is 2.08. The molecule has 0 spiro atoms. The minimum atomic E-state index is 0.177. The third-order valence-electron chi connectivity index (χ3n) is 1.35. The molecule has 4 heteroatoms. The van der Waals surface area contributed by atoms with Crippen molar-refractivity contribution in [2.75, 3.05) is 0 Å². The first-order valence-corrected chi connectivity index (χ1v) is 3.81. The van der Waals surface area contributed by atoms with Crippen LogP contribution in [-0.2, 0) is 0 Å². The second kappa shape index (κ2) is 4.25. The predicted octanol–water partition coefficient (Wildman–Crippen LogP) is 1.10. The molecule has 3 N–H and O–H groups in total. The Balaban J connectivity index is 2.80. The molecule has 1 aromatic carbocycles. The van der Waals surface area contributed by atoms with Gasteiger partial charge >= 0.3 is 0 Å². The SMILES string of the molecule is C/C(N)=N\N=C\c1ccccc1O. The number of phenols is 1. The number of hydrogen-bond donors (Lipinski definition) is 2. The molecule has 0 saturated carbocycles. The van der Waals surface area contributed by atoms with Crippen molar-refractivity contribution in [3.63, 3.8) is 0 Å². The Morgan fingerprint density at radius 2 is 2.15 bits per heavy atom. The summed E-state index contributed by atoms with van der Waals surface area (Å²) >= 11 is 0. The third-order valence-corrected chi connectivity index (χ3v) is 1.35. The maximum absolute atomic E-state index is 9.30. The smallest absolute Gasteiger partial charge is 0.124 e. The fourth-order valence-electron chi connectivity index (χ4n) is 0.779. The molecule has 0 unspecified atom stereocenters. The van der Waals surface area contributed by atoms with Crippen molar-refractivity contribution in [1.82, 2.24) is 0 Å². The Bertz CT molecular complexity index is 340. The van der Waals surface area contributed by atoms with E-state index in [4.69, 9.17) is 5.73 Å². The van der Waals surface area contributed by atoms with Crippen LogP contribution in [0.15, 0.2) is 34.5 Å². The monoisotopic (exact) mass is 177 g/mol. The Hall–Kier alpha value is -1.84. The number of para-hydroxylation sites is 1. The van der Waals surface area contributed by atoms with Gasteiger partial charge in [0.2, 0.25) is 0 Å². The molecule has 0 aliphatic rings. The van der Waals surface area contributed by atoms with Crippen LogP contribution in [0.3, 0.4) is 0 Å². The second-order valence-corrected chi connectivity index (χ2v) is 2.54. The van der Waals surface area contributed by atoms with Gasteiger partial charge in [0, 0.05) is 5.56 Å². The van der Waals surface area contributed by atoms with Crippen LogP contribution in [0, 0.1) is 0 Å². The first-order chi connectivity index (χ1) is 6.20. The van der Waals surface area contributed by atoms with E-state index in [1.807, 2.05) is 0 Å². The van der Waals surface area contributed by atoms with Crippen molar-refractivity contribution in [1.29, 1.82) is 0 Å². The number of aromatic hydroxyl groups is 1. The first-order valence-electron chi connectivity index (χ1n) is 3.81. The number of benzene rings is 1. The lowest BCUT2D eigenvalue weighted by atomic mass is 10.2. The van der Waals surface area contributed by atoms with Crippen molar-refractivity contribution < 1.29 is 5.11 Å². The Labute approximate surface area is 76.4 Å². The lowest BCUT2D eigenvalue weighted by molar-refractivity contribution is 0.474. The zero-order valence-corrected chi connectivity index (χ0v) is 7.31. The molecule has 13 heavy (non-hydrogen) atoms. The van der Waals surface area contributed by atoms with Crippen LogP contribution < -0.4 is 5.73 Å².